The highest BCUT2D eigenvalue weighted by Crippen LogP contribution is 2.38. The minimum Gasteiger partial charge on any atom is -0.334 e. The van der Waals surface area contributed by atoms with Gasteiger partial charge in [0.25, 0.3) is 5.91 Å². The van der Waals surface area contributed by atoms with Crippen LogP contribution in [0, 0.1) is 11.3 Å². The van der Waals surface area contributed by atoms with Gasteiger partial charge in [0.2, 0.25) is 10.0 Å². The van der Waals surface area contributed by atoms with Crippen LogP contribution in [0.3, 0.4) is 0 Å². The Kier molecular flexibility index (Phi) is 9.92. The van der Waals surface area contributed by atoms with E-state index in [1.54, 1.807) is 29.1 Å². The maximum absolute atomic E-state index is 13.5. The number of rotatable bonds is 10. The van der Waals surface area contributed by atoms with E-state index >= 15 is 0 Å². The predicted molar refractivity (Wildman–Crippen MR) is 152 cm³/mol. The molecule has 3 rings (SSSR count). The van der Waals surface area contributed by atoms with Crippen molar-refractivity contribution in [3.63, 3.8) is 0 Å². The summed E-state index contributed by atoms with van der Waals surface area (Å²) in [7, 11) is -3.19. The first kappa shape index (κ1) is 32.2. The fraction of sp³-hybridized carbons (Fsp3) is 0.667. The summed E-state index contributed by atoms with van der Waals surface area (Å²) in [6.07, 6.45) is 1.18. The molecule has 13 heteroatoms. The van der Waals surface area contributed by atoms with E-state index in [-0.39, 0.29) is 22.9 Å². The van der Waals surface area contributed by atoms with Gasteiger partial charge in [-0.25, -0.2) is 8.42 Å². The molecule has 2 fully saturated rings. The number of sulfonamides is 1. The molecule has 1 amide bonds. The molecular weight excluding hydrogens is 563 g/mol. The normalized spacial score (nSPS) is 22.7. The van der Waals surface area contributed by atoms with Crippen LogP contribution in [-0.4, -0.2) is 83.6 Å². The Bertz CT molecular complexity index is 1250. The van der Waals surface area contributed by atoms with Gasteiger partial charge >= 0.3 is 6.18 Å². The number of carbonyl (C=O) groups is 1. The monoisotopic (exact) mass is 601 g/mol. The lowest BCUT2D eigenvalue weighted by Crippen LogP contribution is -2.57. The van der Waals surface area contributed by atoms with E-state index in [9.17, 15) is 26.4 Å². The van der Waals surface area contributed by atoms with Gasteiger partial charge in [-0.1, -0.05) is 19.3 Å². The van der Waals surface area contributed by atoms with Crippen molar-refractivity contribution in [3.05, 3.63) is 29.3 Å². The quantitative estimate of drug-likeness (QED) is 0.286. The van der Waals surface area contributed by atoms with Gasteiger partial charge < -0.3 is 4.90 Å². The molecular formula is C27H38F3N5O3S2. The van der Waals surface area contributed by atoms with Gasteiger partial charge in [0, 0.05) is 31.7 Å². The van der Waals surface area contributed by atoms with Crippen molar-refractivity contribution >= 4 is 38.9 Å². The number of unbranched alkanes of at least 4 members (excludes halogenated alkanes) is 4. The smallest absolute Gasteiger partial charge is 0.334 e. The molecule has 0 spiro atoms. The van der Waals surface area contributed by atoms with Crippen molar-refractivity contribution in [2.45, 2.75) is 83.6 Å². The molecule has 1 aromatic rings. The van der Waals surface area contributed by atoms with Crippen molar-refractivity contribution < 1.29 is 26.4 Å². The molecule has 1 aromatic carbocycles. The Morgan fingerprint density at radius 1 is 1.05 bits per heavy atom. The zero-order valence-electron chi connectivity index (χ0n) is 23.7. The summed E-state index contributed by atoms with van der Waals surface area (Å²) in [6, 6.07) is 5.06. The lowest BCUT2D eigenvalue weighted by atomic mass is 10.0. The zero-order chi connectivity index (χ0) is 30.0. The van der Waals surface area contributed by atoms with E-state index in [0.29, 0.717) is 19.6 Å². The number of thiocarbonyl (C=S) groups is 1. The summed E-state index contributed by atoms with van der Waals surface area (Å²) in [6.45, 7) is 9.94. The molecule has 0 N–H and O–H groups in total. The molecule has 0 aromatic heterocycles. The van der Waals surface area contributed by atoms with Crippen LogP contribution in [0.4, 0.5) is 18.9 Å². The third kappa shape index (κ3) is 6.95. The number of amides is 1. The van der Waals surface area contributed by atoms with Gasteiger partial charge in [0.1, 0.15) is 5.54 Å². The number of halogens is 3. The van der Waals surface area contributed by atoms with Gasteiger partial charge in [0.05, 0.1) is 29.1 Å². The van der Waals surface area contributed by atoms with E-state index in [1.807, 2.05) is 0 Å². The van der Waals surface area contributed by atoms with Crippen molar-refractivity contribution in [2.24, 2.45) is 0 Å². The second-order valence-corrected chi connectivity index (χ2v) is 13.6. The molecule has 0 radical (unpaired) electrons. The van der Waals surface area contributed by atoms with Crippen LogP contribution >= 0.6 is 12.2 Å². The minimum absolute atomic E-state index is 0.00211. The average molecular weight is 602 g/mol. The second-order valence-electron chi connectivity index (χ2n) is 11.3. The first-order valence-corrected chi connectivity index (χ1v) is 15.7. The van der Waals surface area contributed by atoms with Crippen LogP contribution in [0.15, 0.2) is 18.2 Å². The number of carbonyl (C=O) groups excluding carboxylic acids is 1. The Balaban J connectivity index is 1.51. The van der Waals surface area contributed by atoms with Gasteiger partial charge in [0.15, 0.2) is 5.11 Å². The summed E-state index contributed by atoms with van der Waals surface area (Å²) < 4.78 is 65.8. The first-order valence-electron chi connectivity index (χ1n) is 13.5. The van der Waals surface area contributed by atoms with Crippen LogP contribution < -0.4 is 4.90 Å². The van der Waals surface area contributed by atoms with Crippen LogP contribution in [0.25, 0.3) is 0 Å². The highest BCUT2D eigenvalue weighted by Gasteiger charge is 2.49. The van der Waals surface area contributed by atoms with Crippen LogP contribution in [-0.2, 0) is 21.0 Å². The first-order chi connectivity index (χ1) is 18.5. The SMILES string of the molecule is CC1CN(S(C)(=O)=O)CC(C)N1CCCCCCCN1C(=S)N(c2ccc(C#N)c(C(F)(F)F)c2)C(=O)C1(C)C. The van der Waals surface area contributed by atoms with E-state index in [1.165, 1.54) is 12.3 Å². The van der Waals surface area contributed by atoms with Gasteiger partial charge in [-0.15, -0.1) is 0 Å². The number of hydrogen-bond acceptors (Lipinski definition) is 6. The number of piperazine rings is 1. The standard InChI is InChI=1S/C27H38F3N5O3S2/c1-19-17-32(40(5,37)38)18-20(2)33(19)13-9-7-6-8-10-14-34-25(39)35(24(36)26(34,3)4)22-12-11-21(16-31)23(15-22)27(28,29)30/h11-12,15,19-20H,6-10,13-14,17-18H2,1-5H3. The van der Waals surface area contributed by atoms with Gasteiger partial charge in [-0.3, -0.25) is 14.6 Å². The number of anilines is 1. The highest BCUT2D eigenvalue weighted by atomic mass is 32.2. The predicted octanol–water partition coefficient (Wildman–Crippen LogP) is 4.59. The van der Waals surface area contributed by atoms with E-state index in [0.717, 1.165) is 55.7 Å². The van der Waals surface area contributed by atoms with Crippen molar-refractivity contribution in [1.82, 2.24) is 14.1 Å². The molecule has 2 aliphatic heterocycles. The van der Waals surface area contributed by atoms with Gasteiger partial charge in [-0.05, 0) is 77.5 Å². The van der Waals surface area contributed by atoms with Gasteiger partial charge in [-0.2, -0.15) is 22.7 Å². The molecule has 2 heterocycles. The summed E-state index contributed by atoms with van der Waals surface area (Å²) in [5.74, 6) is -0.408. The van der Waals surface area contributed by atoms with Crippen LogP contribution in [0.2, 0.25) is 0 Å². The molecule has 2 atom stereocenters. The fourth-order valence-electron chi connectivity index (χ4n) is 5.56. The molecule has 2 unspecified atom stereocenters. The number of nitriles is 1. The van der Waals surface area contributed by atoms with Crippen molar-refractivity contribution in [1.29, 1.82) is 5.26 Å². The molecule has 222 valence electrons. The van der Waals surface area contributed by atoms with E-state index < -0.39 is 38.8 Å². The maximum Gasteiger partial charge on any atom is 0.417 e. The summed E-state index contributed by atoms with van der Waals surface area (Å²) >= 11 is 5.55. The van der Waals surface area contributed by atoms with E-state index in [2.05, 4.69) is 18.7 Å². The minimum atomic E-state index is -4.73. The molecule has 40 heavy (non-hydrogen) atoms. The Morgan fingerprint density at radius 3 is 2.12 bits per heavy atom. The third-order valence-electron chi connectivity index (χ3n) is 7.85. The number of nitrogens with zero attached hydrogens (tertiary/aromatic N) is 5. The van der Waals surface area contributed by atoms with Crippen LogP contribution in [0.5, 0.6) is 0 Å². The number of alkyl halides is 3. The molecule has 2 saturated heterocycles. The summed E-state index contributed by atoms with van der Waals surface area (Å²) in [5, 5.41) is 9.24. The average Bonchev–Trinajstić information content (AvgIpc) is 3.01. The Hall–Kier alpha value is -2.27. The zero-order valence-corrected chi connectivity index (χ0v) is 25.3. The lowest BCUT2D eigenvalue weighted by Gasteiger charge is -2.43. The van der Waals surface area contributed by atoms with Crippen molar-refractivity contribution in [3.8, 4) is 6.07 Å². The third-order valence-corrected chi connectivity index (χ3v) is 9.48. The molecule has 0 bridgehead atoms. The topological polar surface area (TPSA) is 88.0 Å². The molecule has 8 nitrogen and oxygen atoms in total. The lowest BCUT2D eigenvalue weighted by molar-refractivity contribution is -0.137. The number of benzene rings is 1. The van der Waals surface area contributed by atoms with E-state index in [4.69, 9.17) is 17.5 Å². The largest absolute Gasteiger partial charge is 0.417 e. The maximum atomic E-state index is 13.5. The van der Waals surface area contributed by atoms with Crippen molar-refractivity contribution in [2.75, 3.05) is 37.3 Å². The Morgan fingerprint density at radius 2 is 1.60 bits per heavy atom. The molecule has 0 aliphatic carbocycles. The summed E-state index contributed by atoms with van der Waals surface area (Å²) in [5.41, 5.74) is -2.62. The Labute approximate surface area is 240 Å². The molecule has 0 saturated carbocycles. The number of hydrogen-bond donors (Lipinski definition) is 0. The summed E-state index contributed by atoms with van der Waals surface area (Å²) in [4.78, 5) is 18.5. The van der Waals surface area contributed by atoms with Crippen LogP contribution in [0.1, 0.15) is 70.9 Å². The molecule has 2 aliphatic rings. The highest BCUT2D eigenvalue weighted by molar-refractivity contribution is 7.88. The second kappa shape index (κ2) is 12.3. The fourth-order valence-corrected chi connectivity index (χ4v) is 7.04.